The number of ether oxygens (including phenoxy) is 1. The molecule has 3 fully saturated rings. The van der Waals surface area contributed by atoms with E-state index in [0.29, 0.717) is 11.5 Å². The van der Waals surface area contributed by atoms with Crippen LogP contribution in [-0.4, -0.2) is 24.8 Å². The number of rotatable bonds is 4. The average molecular weight is 293 g/mol. The lowest BCUT2D eigenvalue weighted by Crippen LogP contribution is -2.66. The van der Waals surface area contributed by atoms with E-state index in [4.69, 9.17) is 4.74 Å². The molecular formula is C19H35NO. The third kappa shape index (κ3) is 3.17. The highest BCUT2D eigenvalue weighted by atomic mass is 16.5. The molecule has 0 radical (unpaired) electrons. The maximum Gasteiger partial charge on any atom is 0.0661 e. The van der Waals surface area contributed by atoms with Gasteiger partial charge in [-0.05, 0) is 57.3 Å². The molecule has 1 N–H and O–H groups in total. The minimum Gasteiger partial charge on any atom is -0.378 e. The summed E-state index contributed by atoms with van der Waals surface area (Å²) in [6, 6.07) is 1.49. The molecule has 3 rings (SSSR count). The van der Waals surface area contributed by atoms with E-state index in [2.05, 4.69) is 26.1 Å². The van der Waals surface area contributed by atoms with E-state index in [1.807, 2.05) is 0 Å². The molecule has 3 aliphatic carbocycles. The first-order valence-electron chi connectivity index (χ1n) is 9.51. The first kappa shape index (κ1) is 15.8. The summed E-state index contributed by atoms with van der Waals surface area (Å²) in [5, 5.41) is 4.09. The Kier molecular flexibility index (Phi) is 4.95. The topological polar surface area (TPSA) is 21.3 Å². The number of hydrogen-bond donors (Lipinski definition) is 1. The Morgan fingerprint density at radius 2 is 1.62 bits per heavy atom. The molecule has 2 nitrogen and oxygen atoms in total. The summed E-state index contributed by atoms with van der Waals surface area (Å²) < 4.78 is 6.09. The Balaban J connectivity index is 1.62. The molecule has 0 saturated heterocycles. The van der Waals surface area contributed by atoms with Gasteiger partial charge >= 0.3 is 0 Å². The van der Waals surface area contributed by atoms with Crippen molar-refractivity contribution in [3.8, 4) is 0 Å². The van der Waals surface area contributed by atoms with Crippen molar-refractivity contribution < 1.29 is 4.74 Å². The van der Waals surface area contributed by atoms with Gasteiger partial charge in [-0.2, -0.15) is 0 Å². The third-order valence-corrected chi connectivity index (χ3v) is 6.55. The molecule has 0 heterocycles. The lowest BCUT2D eigenvalue weighted by atomic mass is 9.55. The van der Waals surface area contributed by atoms with Gasteiger partial charge in [-0.3, -0.25) is 0 Å². The molecule has 1 spiro atoms. The normalized spacial score (nSPS) is 42.7. The van der Waals surface area contributed by atoms with Crippen LogP contribution in [0.1, 0.15) is 78.6 Å². The average Bonchev–Trinajstić information content (AvgIpc) is 2.46. The van der Waals surface area contributed by atoms with Crippen LogP contribution < -0.4 is 5.32 Å². The van der Waals surface area contributed by atoms with Crippen molar-refractivity contribution in [3.05, 3.63) is 0 Å². The Labute approximate surface area is 131 Å². The van der Waals surface area contributed by atoms with Crippen LogP contribution in [0.15, 0.2) is 0 Å². The highest BCUT2D eigenvalue weighted by Crippen LogP contribution is 2.53. The molecular weight excluding hydrogens is 258 g/mol. The van der Waals surface area contributed by atoms with Crippen LogP contribution in [0, 0.1) is 17.3 Å². The maximum atomic E-state index is 6.09. The maximum absolute atomic E-state index is 6.09. The van der Waals surface area contributed by atoms with Gasteiger partial charge in [0.25, 0.3) is 0 Å². The predicted molar refractivity (Wildman–Crippen MR) is 88.4 cm³/mol. The van der Waals surface area contributed by atoms with Gasteiger partial charge in [-0.15, -0.1) is 0 Å². The molecule has 0 aromatic rings. The van der Waals surface area contributed by atoms with Gasteiger partial charge in [0.15, 0.2) is 0 Å². The van der Waals surface area contributed by atoms with E-state index in [0.717, 1.165) is 30.5 Å². The first-order valence-corrected chi connectivity index (χ1v) is 9.51. The van der Waals surface area contributed by atoms with E-state index >= 15 is 0 Å². The standard InChI is InChI=1S/C19H35NO/c1-4-21-18-13-17(19(18)8-6-5-7-9-19)20-16-11-14(2)10-15(3)12-16/h14-18,20H,4-13H2,1-3H3. The van der Waals surface area contributed by atoms with E-state index < -0.39 is 0 Å². The fraction of sp³-hybridized carbons (Fsp3) is 1.00. The Hall–Kier alpha value is -0.0800. The van der Waals surface area contributed by atoms with E-state index in [9.17, 15) is 0 Å². The van der Waals surface area contributed by atoms with E-state index in [1.165, 1.54) is 57.8 Å². The van der Waals surface area contributed by atoms with Crippen molar-refractivity contribution in [2.75, 3.05) is 6.61 Å². The minimum atomic E-state index is 0.484. The zero-order valence-electron chi connectivity index (χ0n) is 14.4. The lowest BCUT2D eigenvalue weighted by Gasteiger charge is -2.59. The van der Waals surface area contributed by atoms with Gasteiger partial charge in [-0.1, -0.05) is 33.1 Å². The summed E-state index contributed by atoms with van der Waals surface area (Å²) in [6.45, 7) is 7.91. The summed E-state index contributed by atoms with van der Waals surface area (Å²) in [5.41, 5.74) is 0.484. The third-order valence-electron chi connectivity index (χ3n) is 6.55. The van der Waals surface area contributed by atoms with Crippen molar-refractivity contribution in [1.82, 2.24) is 5.32 Å². The molecule has 0 aromatic carbocycles. The second-order valence-corrected chi connectivity index (χ2v) is 8.31. The van der Waals surface area contributed by atoms with Gasteiger partial charge in [0, 0.05) is 24.1 Å². The highest BCUT2D eigenvalue weighted by molar-refractivity contribution is 5.09. The summed E-state index contributed by atoms with van der Waals surface area (Å²) in [6.07, 6.45) is 13.1. The van der Waals surface area contributed by atoms with Gasteiger partial charge < -0.3 is 10.1 Å². The van der Waals surface area contributed by atoms with Crippen LogP contribution in [0.4, 0.5) is 0 Å². The Bertz CT molecular complexity index is 326. The molecule has 3 aliphatic rings. The van der Waals surface area contributed by atoms with Crippen molar-refractivity contribution in [2.45, 2.75) is 96.7 Å². The first-order chi connectivity index (χ1) is 10.1. The Morgan fingerprint density at radius 3 is 2.24 bits per heavy atom. The molecule has 0 amide bonds. The lowest BCUT2D eigenvalue weighted by molar-refractivity contribution is -0.153. The number of nitrogens with one attached hydrogen (secondary N) is 1. The fourth-order valence-electron chi connectivity index (χ4n) is 5.66. The molecule has 4 unspecified atom stereocenters. The molecule has 122 valence electrons. The van der Waals surface area contributed by atoms with E-state index in [1.54, 1.807) is 0 Å². The number of hydrogen-bond acceptors (Lipinski definition) is 2. The molecule has 3 saturated carbocycles. The second-order valence-electron chi connectivity index (χ2n) is 8.31. The molecule has 2 heteroatoms. The molecule has 0 bridgehead atoms. The largest absolute Gasteiger partial charge is 0.378 e. The van der Waals surface area contributed by atoms with Crippen LogP contribution in [0.25, 0.3) is 0 Å². The highest BCUT2D eigenvalue weighted by Gasteiger charge is 2.55. The molecule has 4 atom stereocenters. The van der Waals surface area contributed by atoms with Crippen molar-refractivity contribution in [3.63, 3.8) is 0 Å². The van der Waals surface area contributed by atoms with Crippen molar-refractivity contribution >= 4 is 0 Å². The fourth-order valence-corrected chi connectivity index (χ4v) is 5.66. The molecule has 0 aliphatic heterocycles. The van der Waals surface area contributed by atoms with Crippen LogP contribution in [0.5, 0.6) is 0 Å². The predicted octanol–water partition coefficient (Wildman–Crippen LogP) is 4.53. The summed E-state index contributed by atoms with van der Waals surface area (Å²) in [5.74, 6) is 1.80. The SMILES string of the molecule is CCOC1CC(NC2CC(C)CC(C)C2)C12CCCCC2. The zero-order chi connectivity index (χ0) is 14.9. The Morgan fingerprint density at radius 1 is 0.952 bits per heavy atom. The zero-order valence-corrected chi connectivity index (χ0v) is 14.4. The summed E-state index contributed by atoms with van der Waals surface area (Å²) >= 11 is 0. The molecule has 0 aromatic heterocycles. The summed E-state index contributed by atoms with van der Waals surface area (Å²) in [7, 11) is 0. The van der Waals surface area contributed by atoms with Gasteiger partial charge in [-0.25, -0.2) is 0 Å². The smallest absolute Gasteiger partial charge is 0.0661 e. The van der Waals surface area contributed by atoms with Crippen molar-refractivity contribution in [1.29, 1.82) is 0 Å². The molecule has 21 heavy (non-hydrogen) atoms. The van der Waals surface area contributed by atoms with Gasteiger partial charge in [0.05, 0.1) is 6.10 Å². The monoisotopic (exact) mass is 293 g/mol. The van der Waals surface area contributed by atoms with Crippen LogP contribution >= 0.6 is 0 Å². The van der Waals surface area contributed by atoms with Gasteiger partial charge in [0.1, 0.15) is 0 Å². The summed E-state index contributed by atoms with van der Waals surface area (Å²) in [4.78, 5) is 0. The van der Waals surface area contributed by atoms with Crippen LogP contribution in [-0.2, 0) is 4.74 Å². The van der Waals surface area contributed by atoms with Gasteiger partial charge in [0.2, 0.25) is 0 Å². The quantitative estimate of drug-likeness (QED) is 0.822. The van der Waals surface area contributed by atoms with Crippen LogP contribution in [0.2, 0.25) is 0 Å². The van der Waals surface area contributed by atoms with Crippen LogP contribution in [0.3, 0.4) is 0 Å². The second kappa shape index (κ2) is 6.58. The minimum absolute atomic E-state index is 0.484. The van der Waals surface area contributed by atoms with E-state index in [-0.39, 0.29) is 0 Å². The van der Waals surface area contributed by atoms with Crippen molar-refractivity contribution in [2.24, 2.45) is 17.3 Å².